The molecule has 0 radical (unpaired) electrons. The molecule has 2 amide bonds. The molecular weight excluding hydrogens is 444 g/mol. The van der Waals surface area contributed by atoms with Crippen molar-refractivity contribution in [2.75, 3.05) is 20.3 Å². The van der Waals surface area contributed by atoms with Crippen LogP contribution in [0.4, 0.5) is 4.79 Å². The number of rotatable bonds is 11. The number of amides is 2. The number of carbonyl (C=O) groups excluding carboxylic acids is 1. The number of imidazole rings is 1. The van der Waals surface area contributed by atoms with Crippen LogP contribution < -0.4 is 5.32 Å². The predicted octanol–water partition coefficient (Wildman–Crippen LogP) is 3.14. The van der Waals surface area contributed by atoms with Crippen molar-refractivity contribution in [3.8, 4) is 0 Å². The molecule has 3 rings (SSSR count). The molecule has 3 aromatic rings. The summed E-state index contributed by atoms with van der Waals surface area (Å²) in [6.07, 6.45) is 3.05. The lowest BCUT2D eigenvalue weighted by Crippen LogP contribution is -2.39. The molecule has 0 aliphatic heterocycles. The Morgan fingerprint density at radius 3 is 2.61 bits per heavy atom. The van der Waals surface area contributed by atoms with Gasteiger partial charge in [-0.25, -0.2) is 18.2 Å². The minimum absolute atomic E-state index is 0.0380. The van der Waals surface area contributed by atoms with E-state index in [1.807, 2.05) is 26.0 Å². The lowest BCUT2D eigenvalue weighted by molar-refractivity contribution is 0.176. The number of ether oxygens (including phenoxy) is 1. The van der Waals surface area contributed by atoms with Crippen molar-refractivity contribution in [1.82, 2.24) is 19.8 Å². The van der Waals surface area contributed by atoms with Gasteiger partial charge in [-0.1, -0.05) is 29.8 Å². The highest BCUT2D eigenvalue weighted by Gasteiger charge is 2.26. The summed E-state index contributed by atoms with van der Waals surface area (Å²) in [7, 11) is -2.17. The van der Waals surface area contributed by atoms with Gasteiger partial charge in [0.25, 0.3) is 0 Å². The van der Waals surface area contributed by atoms with Gasteiger partial charge in [0.05, 0.1) is 43.6 Å². The Balaban J connectivity index is 1.90. The summed E-state index contributed by atoms with van der Waals surface area (Å²) in [4.78, 5) is 18.5. The van der Waals surface area contributed by atoms with Gasteiger partial charge in [-0.3, -0.25) is 0 Å². The number of aryl methyl sites for hydroxylation is 1. The Labute approximate surface area is 194 Å². The largest absolute Gasteiger partial charge is 0.467 e. The third kappa shape index (κ3) is 6.45. The van der Waals surface area contributed by atoms with Crippen LogP contribution in [0.2, 0.25) is 0 Å². The topological polar surface area (TPSA) is 107 Å². The smallest absolute Gasteiger partial charge is 0.318 e. The molecule has 0 saturated carbocycles. The van der Waals surface area contributed by atoms with Crippen molar-refractivity contribution in [3.05, 3.63) is 71.4 Å². The SMILES string of the molecule is CCNC(=O)N(Cc1ccco1)Cc1cnc(S(=O)(=O)Cc2ccc(C)cc2)n1CCOC. The molecule has 0 spiro atoms. The molecule has 178 valence electrons. The van der Waals surface area contributed by atoms with Crippen molar-refractivity contribution in [2.45, 2.75) is 44.4 Å². The minimum Gasteiger partial charge on any atom is -0.467 e. The number of urea groups is 1. The zero-order chi connectivity index (χ0) is 23.8. The molecule has 2 aromatic heterocycles. The average molecular weight is 475 g/mol. The van der Waals surface area contributed by atoms with Crippen LogP contribution in [0.3, 0.4) is 0 Å². The number of sulfone groups is 1. The van der Waals surface area contributed by atoms with Gasteiger partial charge in [-0.15, -0.1) is 0 Å². The van der Waals surface area contributed by atoms with Crippen LogP contribution in [0, 0.1) is 6.92 Å². The molecule has 0 unspecified atom stereocenters. The second-order valence-electron chi connectivity index (χ2n) is 7.69. The molecule has 1 N–H and O–H groups in total. The highest BCUT2D eigenvalue weighted by Crippen LogP contribution is 2.20. The molecule has 0 aliphatic rings. The Bertz CT molecular complexity index is 1140. The van der Waals surface area contributed by atoms with Crippen LogP contribution in [0.1, 0.15) is 29.5 Å². The van der Waals surface area contributed by atoms with Crippen molar-refractivity contribution in [3.63, 3.8) is 0 Å². The van der Waals surface area contributed by atoms with Crippen LogP contribution in [-0.2, 0) is 40.0 Å². The molecule has 0 atom stereocenters. The van der Waals surface area contributed by atoms with Gasteiger partial charge in [-0.2, -0.15) is 0 Å². The van der Waals surface area contributed by atoms with Gasteiger partial charge in [0.1, 0.15) is 5.76 Å². The van der Waals surface area contributed by atoms with Crippen molar-refractivity contribution >= 4 is 15.9 Å². The summed E-state index contributed by atoms with van der Waals surface area (Å²) < 4.78 is 38.7. The maximum atomic E-state index is 13.2. The summed E-state index contributed by atoms with van der Waals surface area (Å²) >= 11 is 0. The monoisotopic (exact) mass is 474 g/mol. The summed E-state index contributed by atoms with van der Waals surface area (Å²) in [6.45, 7) is 5.23. The zero-order valence-electron chi connectivity index (χ0n) is 19.2. The number of aromatic nitrogens is 2. The summed E-state index contributed by atoms with van der Waals surface area (Å²) in [6, 6.07) is 10.6. The normalized spacial score (nSPS) is 11.5. The third-order valence-corrected chi connectivity index (χ3v) is 6.67. The number of carbonyl (C=O) groups is 1. The Kier molecular flexibility index (Phi) is 8.29. The zero-order valence-corrected chi connectivity index (χ0v) is 20.0. The standard InChI is InChI=1S/C23H30N4O5S/c1-4-24-22(28)26(16-21-6-5-12-32-21)15-20-14-25-23(27(20)11-13-31-3)33(29,30)17-19-9-7-18(2)8-10-19/h5-10,12,14H,4,11,13,15-17H2,1-3H3,(H,24,28). The second kappa shape index (κ2) is 11.2. The van der Waals surface area contributed by atoms with Crippen LogP contribution in [0.25, 0.3) is 0 Å². The van der Waals surface area contributed by atoms with E-state index in [0.29, 0.717) is 30.2 Å². The van der Waals surface area contributed by atoms with Gasteiger partial charge in [0.2, 0.25) is 15.0 Å². The van der Waals surface area contributed by atoms with E-state index < -0.39 is 9.84 Å². The van der Waals surface area contributed by atoms with E-state index in [4.69, 9.17) is 9.15 Å². The Morgan fingerprint density at radius 1 is 1.21 bits per heavy atom. The Morgan fingerprint density at radius 2 is 1.97 bits per heavy atom. The fraction of sp³-hybridized carbons (Fsp3) is 0.391. The fourth-order valence-corrected chi connectivity index (χ4v) is 4.92. The molecular formula is C23H30N4O5S. The third-order valence-electron chi connectivity index (χ3n) is 5.07. The van der Waals surface area contributed by atoms with Crippen molar-refractivity contribution in [1.29, 1.82) is 0 Å². The van der Waals surface area contributed by atoms with E-state index in [0.717, 1.165) is 5.56 Å². The minimum atomic E-state index is -3.72. The molecule has 9 nitrogen and oxygen atoms in total. The lowest BCUT2D eigenvalue weighted by atomic mass is 10.2. The van der Waals surface area contributed by atoms with E-state index in [1.54, 1.807) is 47.1 Å². The molecule has 1 aromatic carbocycles. The van der Waals surface area contributed by atoms with Crippen molar-refractivity contribution < 1.29 is 22.4 Å². The lowest BCUT2D eigenvalue weighted by Gasteiger charge is -2.23. The van der Waals surface area contributed by atoms with Crippen LogP contribution in [-0.4, -0.2) is 49.2 Å². The van der Waals surface area contributed by atoms with E-state index in [-0.39, 0.29) is 36.6 Å². The second-order valence-corrected chi connectivity index (χ2v) is 9.58. The van der Waals surface area contributed by atoms with E-state index in [2.05, 4.69) is 10.3 Å². The van der Waals surface area contributed by atoms with Gasteiger partial charge in [-0.05, 0) is 31.5 Å². The first-order valence-electron chi connectivity index (χ1n) is 10.7. The van der Waals surface area contributed by atoms with Crippen LogP contribution in [0.5, 0.6) is 0 Å². The summed E-state index contributed by atoms with van der Waals surface area (Å²) in [5, 5.41) is 2.75. The molecule has 0 bridgehead atoms. The quantitative estimate of drug-likeness (QED) is 0.458. The highest BCUT2D eigenvalue weighted by atomic mass is 32.2. The van der Waals surface area contributed by atoms with E-state index in [9.17, 15) is 13.2 Å². The summed E-state index contributed by atoms with van der Waals surface area (Å²) in [5.74, 6) is 0.458. The first kappa shape index (κ1) is 24.5. The predicted molar refractivity (Wildman–Crippen MR) is 123 cm³/mol. The maximum absolute atomic E-state index is 13.2. The number of benzene rings is 1. The van der Waals surface area contributed by atoms with E-state index >= 15 is 0 Å². The Hall–Kier alpha value is -3.11. The van der Waals surface area contributed by atoms with Crippen LogP contribution in [0.15, 0.2) is 58.4 Å². The fourth-order valence-electron chi connectivity index (χ4n) is 3.41. The van der Waals surface area contributed by atoms with Gasteiger partial charge in [0.15, 0.2) is 0 Å². The van der Waals surface area contributed by atoms with Gasteiger partial charge in [0, 0.05) is 20.2 Å². The summed E-state index contributed by atoms with van der Waals surface area (Å²) in [5.41, 5.74) is 2.33. The number of hydrogen-bond acceptors (Lipinski definition) is 6. The molecule has 0 aliphatic carbocycles. The highest BCUT2D eigenvalue weighted by molar-refractivity contribution is 7.90. The molecule has 33 heavy (non-hydrogen) atoms. The number of methoxy groups -OCH3 is 1. The van der Waals surface area contributed by atoms with Gasteiger partial charge >= 0.3 is 6.03 Å². The molecule has 10 heteroatoms. The number of furan rings is 1. The molecule has 0 saturated heterocycles. The maximum Gasteiger partial charge on any atom is 0.318 e. The first-order chi connectivity index (χ1) is 15.8. The number of hydrogen-bond donors (Lipinski definition) is 1. The van der Waals surface area contributed by atoms with Gasteiger partial charge < -0.3 is 23.9 Å². The molecule has 0 fully saturated rings. The van der Waals surface area contributed by atoms with Crippen molar-refractivity contribution in [2.24, 2.45) is 0 Å². The molecule has 2 heterocycles. The average Bonchev–Trinajstić information content (AvgIpc) is 3.43. The van der Waals surface area contributed by atoms with E-state index in [1.165, 1.54) is 6.20 Å². The first-order valence-corrected chi connectivity index (χ1v) is 12.4. The number of nitrogens with one attached hydrogen (secondary N) is 1. The number of nitrogens with zero attached hydrogens (tertiary/aromatic N) is 3. The van der Waals surface area contributed by atoms with Crippen LogP contribution >= 0.6 is 0 Å².